The second-order valence-corrected chi connectivity index (χ2v) is 10.1. The molecule has 0 unspecified atom stereocenters. The van der Waals surface area contributed by atoms with Crippen LogP contribution in [0.4, 0.5) is 13.2 Å². The van der Waals surface area contributed by atoms with E-state index in [1.165, 1.54) is 0 Å². The summed E-state index contributed by atoms with van der Waals surface area (Å²) in [5.74, 6) is 0.105. The number of hydrogen-bond donors (Lipinski definition) is 1. The molecule has 0 spiro atoms. The van der Waals surface area contributed by atoms with Crippen molar-refractivity contribution in [2.75, 3.05) is 19.7 Å². The highest BCUT2D eigenvalue weighted by atomic mass is 35.5. The Hall–Kier alpha value is -3.51. The number of unbranched alkanes of at least 4 members (excludes halogenated alkanes) is 1. The largest absolute Gasteiger partial charge is 0.417 e. The molecule has 1 aliphatic heterocycles. The quantitative estimate of drug-likeness (QED) is 0.291. The normalized spacial score (nSPS) is 15.9. The molecule has 9 nitrogen and oxygen atoms in total. The molecule has 5 rings (SSSR count). The fourth-order valence-corrected chi connectivity index (χ4v) is 5.23. The zero-order valence-corrected chi connectivity index (χ0v) is 22.0. The molecule has 3 aromatic heterocycles. The first-order chi connectivity index (χ1) is 18.7. The number of pyridine rings is 1. The summed E-state index contributed by atoms with van der Waals surface area (Å²) in [6.45, 7) is 1.73. The first-order valence-corrected chi connectivity index (χ1v) is 13.0. The number of fused-ring (bicyclic) bond motifs is 1. The first kappa shape index (κ1) is 27.1. The van der Waals surface area contributed by atoms with Crippen molar-refractivity contribution in [2.45, 2.75) is 44.4 Å². The Morgan fingerprint density at radius 2 is 2.10 bits per heavy atom. The maximum atomic E-state index is 13.8. The number of carbonyl (C=O) groups is 1. The van der Waals surface area contributed by atoms with Crippen LogP contribution in [0.3, 0.4) is 0 Å². The average Bonchev–Trinajstić information content (AvgIpc) is 3.65. The van der Waals surface area contributed by atoms with Gasteiger partial charge in [-0.3, -0.25) is 4.79 Å². The van der Waals surface area contributed by atoms with Crippen LogP contribution in [-0.2, 0) is 31.0 Å². The van der Waals surface area contributed by atoms with Crippen LogP contribution in [0.15, 0.2) is 36.5 Å². The highest BCUT2D eigenvalue weighted by molar-refractivity contribution is 6.30. The molecular weight excluding hydrogens is 535 g/mol. The van der Waals surface area contributed by atoms with E-state index < -0.39 is 11.7 Å². The van der Waals surface area contributed by atoms with Gasteiger partial charge in [0.15, 0.2) is 5.82 Å². The van der Waals surface area contributed by atoms with Crippen molar-refractivity contribution in [3.8, 4) is 0 Å². The molecule has 1 aromatic carbocycles. The Bertz CT molecular complexity index is 1460. The topological polar surface area (TPSA) is 102 Å². The summed E-state index contributed by atoms with van der Waals surface area (Å²) >= 11 is 6.01. The highest BCUT2D eigenvalue weighted by Gasteiger charge is 2.36. The van der Waals surface area contributed by atoms with E-state index in [1.54, 1.807) is 22.6 Å². The number of H-pyrrole nitrogens is 1. The van der Waals surface area contributed by atoms with Crippen LogP contribution in [0.5, 0.6) is 0 Å². The summed E-state index contributed by atoms with van der Waals surface area (Å²) in [5.41, 5.74) is 1.34. The summed E-state index contributed by atoms with van der Waals surface area (Å²) in [5, 5.41) is 14.9. The predicted molar refractivity (Wildman–Crippen MR) is 137 cm³/mol. The van der Waals surface area contributed by atoms with E-state index in [4.69, 9.17) is 16.3 Å². The van der Waals surface area contributed by atoms with Crippen molar-refractivity contribution in [1.82, 2.24) is 35.1 Å². The summed E-state index contributed by atoms with van der Waals surface area (Å²) in [7, 11) is 1.73. The molecule has 1 saturated heterocycles. The smallest absolute Gasteiger partial charge is 0.377 e. The van der Waals surface area contributed by atoms with Crippen molar-refractivity contribution >= 4 is 28.5 Å². The lowest BCUT2D eigenvalue weighted by Crippen LogP contribution is -2.29. The van der Waals surface area contributed by atoms with Crippen LogP contribution in [0, 0.1) is 0 Å². The number of hydrogen-bond acceptors (Lipinski definition) is 6. The molecule has 4 heterocycles. The summed E-state index contributed by atoms with van der Waals surface area (Å²) in [4.78, 5) is 19.5. The molecule has 0 radical (unpaired) electrons. The van der Waals surface area contributed by atoms with Crippen LogP contribution in [0.1, 0.15) is 58.2 Å². The van der Waals surface area contributed by atoms with Gasteiger partial charge in [0.2, 0.25) is 0 Å². The van der Waals surface area contributed by atoms with Crippen molar-refractivity contribution in [3.05, 3.63) is 69.8 Å². The lowest BCUT2D eigenvalue weighted by molar-refractivity contribution is -0.137. The van der Waals surface area contributed by atoms with Crippen molar-refractivity contribution < 1.29 is 22.7 Å². The second kappa shape index (κ2) is 11.3. The first-order valence-electron chi connectivity index (χ1n) is 12.6. The number of amides is 1. The van der Waals surface area contributed by atoms with E-state index >= 15 is 0 Å². The highest BCUT2D eigenvalue weighted by Crippen LogP contribution is 2.35. The molecule has 1 atom stereocenters. The van der Waals surface area contributed by atoms with E-state index in [0.29, 0.717) is 74.2 Å². The van der Waals surface area contributed by atoms with E-state index in [0.717, 1.165) is 17.8 Å². The number of aryl methyl sites for hydroxylation is 1. The number of nitrogens with zero attached hydrogens (tertiary/aromatic N) is 6. The maximum Gasteiger partial charge on any atom is 0.417 e. The van der Waals surface area contributed by atoms with E-state index in [1.807, 2.05) is 18.2 Å². The van der Waals surface area contributed by atoms with Gasteiger partial charge in [-0.25, -0.2) is 4.98 Å². The molecule has 206 valence electrons. The number of nitrogens with one attached hydrogen (secondary N) is 1. The Morgan fingerprint density at radius 3 is 2.85 bits per heavy atom. The Morgan fingerprint density at radius 1 is 1.26 bits per heavy atom. The Labute approximate surface area is 227 Å². The van der Waals surface area contributed by atoms with E-state index in [-0.39, 0.29) is 22.8 Å². The zero-order valence-electron chi connectivity index (χ0n) is 21.2. The fourth-order valence-electron chi connectivity index (χ4n) is 5.02. The summed E-state index contributed by atoms with van der Waals surface area (Å²) in [6.07, 6.45) is -1.25. The predicted octanol–water partition coefficient (Wildman–Crippen LogP) is 4.93. The van der Waals surface area contributed by atoms with Crippen molar-refractivity contribution in [2.24, 2.45) is 7.05 Å². The number of aromatic nitrogens is 6. The average molecular weight is 562 g/mol. The molecule has 13 heteroatoms. The molecule has 0 saturated carbocycles. The summed E-state index contributed by atoms with van der Waals surface area (Å²) in [6, 6.07) is 8.47. The molecule has 0 aliphatic carbocycles. The van der Waals surface area contributed by atoms with Gasteiger partial charge in [0.1, 0.15) is 5.65 Å². The van der Waals surface area contributed by atoms with Gasteiger partial charge in [-0.15, -0.1) is 10.2 Å². The zero-order chi connectivity index (χ0) is 27.6. The number of likely N-dealkylation sites (tertiary alicyclic amines) is 1. The lowest BCUT2D eigenvalue weighted by atomic mass is 10.0. The van der Waals surface area contributed by atoms with Gasteiger partial charge in [-0.1, -0.05) is 28.9 Å². The number of alkyl halides is 3. The standard InChI is InChI=1S/C26H27ClF3N7O2/c1-36-21(7-2-3-10-39-15-16-5-4-6-19(27)11-16)22(20-12-18(26(28,29)30)13-31-24(20)36)25(38)37-9-8-17(14-37)23-32-34-35-33-23/h4-6,11-13,17H,2-3,7-10,14-15H2,1H3,(H,32,33,34,35)/t17-/m0/s1. The van der Waals surface area contributed by atoms with Gasteiger partial charge in [0.25, 0.3) is 5.91 Å². The number of halogens is 4. The third kappa shape index (κ3) is 5.91. The van der Waals surface area contributed by atoms with Gasteiger partial charge in [0.05, 0.1) is 17.7 Å². The monoisotopic (exact) mass is 561 g/mol. The van der Waals surface area contributed by atoms with Gasteiger partial charge in [-0.2, -0.15) is 18.4 Å². The van der Waals surface area contributed by atoms with Crippen LogP contribution in [-0.4, -0.2) is 60.7 Å². The van der Waals surface area contributed by atoms with Gasteiger partial charge < -0.3 is 14.2 Å². The van der Waals surface area contributed by atoms with E-state index in [9.17, 15) is 18.0 Å². The maximum absolute atomic E-state index is 13.8. The minimum atomic E-state index is -4.57. The molecule has 1 N–H and O–H groups in total. The lowest BCUT2D eigenvalue weighted by Gasteiger charge is -2.17. The number of carbonyl (C=O) groups excluding carboxylic acids is 1. The van der Waals surface area contributed by atoms with Crippen LogP contribution in [0.25, 0.3) is 11.0 Å². The van der Waals surface area contributed by atoms with Crippen LogP contribution < -0.4 is 0 Å². The minimum Gasteiger partial charge on any atom is -0.377 e. The number of aromatic amines is 1. The van der Waals surface area contributed by atoms with Crippen LogP contribution in [0.2, 0.25) is 5.02 Å². The molecule has 1 amide bonds. The molecule has 39 heavy (non-hydrogen) atoms. The molecular formula is C26H27ClF3N7O2. The number of tetrazole rings is 1. The third-order valence-electron chi connectivity index (χ3n) is 7.00. The molecule has 0 bridgehead atoms. The molecule has 4 aromatic rings. The SMILES string of the molecule is Cn1c(CCCCOCc2cccc(Cl)c2)c(C(=O)N2CC[C@H](c3nn[nH]n3)C2)c2cc(C(F)(F)F)cnc21. The summed E-state index contributed by atoms with van der Waals surface area (Å²) < 4.78 is 48.1. The number of ether oxygens (including phenoxy) is 1. The van der Waals surface area contributed by atoms with Crippen molar-refractivity contribution in [3.63, 3.8) is 0 Å². The third-order valence-corrected chi connectivity index (χ3v) is 7.24. The van der Waals surface area contributed by atoms with Crippen LogP contribution >= 0.6 is 11.6 Å². The number of benzene rings is 1. The number of rotatable bonds is 9. The Balaban J connectivity index is 1.34. The second-order valence-electron chi connectivity index (χ2n) is 9.62. The van der Waals surface area contributed by atoms with Gasteiger partial charge in [0, 0.05) is 55.0 Å². The minimum absolute atomic E-state index is 0.0911. The molecule has 1 fully saturated rings. The van der Waals surface area contributed by atoms with Gasteiger partial charge >= 0.3 is 6.18 Å². The van der Waals surface area contributed by atoms with Crippen molar-refractivity contribution in [1.29, 1.82) is 0 Å². The fraction of sp³-hybridized carbons (Fsp3) is 0.423. The van der Waals surface area contributed by atoms with Gasteiger partial charge in [-0.05, 0) is 49.4 Å². The Kier molecular flexibility index (Phi) is 7.85. The molecule has 1 aliphatic rings. The van der Waals surface area contributed by atoms with E-state index in [2.05, 4.69) is 25.6 Å².